The standard InChI is InChI=1S/C18H13F3N2O4/c1-7-15(22-2)12(21)3-8-16(7)23(6-9(17(8)25)18(26)27)13-5-14(24)11(20)4-10(13)19/h3-6,22,24H,1-2H3,(H,26,27). The van der Waals surface area contributed by atoms with Crippen LogP contribution in [0.4, 0.5) is 18.9 Å². The van der Waals surface area contributed by atoms with Gasteiger partial charge in [0.05, 0.1) is 22.3 Å². The first kappa shape index (κ1) is 18.3. The molecule has 0 saturated heterocycles. The number of pyridine rings is 1. The van der Waals surface area contributed by atoms with E-state index in [1.165, 1.54) is 14.0 Å². The van der Waals surface area contributed by atoms with Crippen molar-refractivity contribution in [3.05, 3.63) is 63.2 Å². The van der Waals surface area contributed by atoms with Crippen LogP contribution < -0.4 is 10.7 Å². The third-order valence-electron chi connectivity index (χ3n) is 4.24. The van der Waals surface area contributed by atoms with Crippen LogP contribution in [0.2, 0.25) is 0 Å². The lowest BCUT2D eigenvalue weighted by molar-refractivity contribution is 0.0695. The Morgan fingerprint density at radius 2 is 1.78 bits per heavy atom. The number of anilines is 1. The van der Waals surface area contributed by atoms with Crippen LogP contribution in [0.3, 0.4) is 0 Å². The number of aromatic nitrogens is 1. The first-order valence-electron chi connectivity index (χ1n) is 7.65. The summed E-state index contributed by atoms with van der Waals surface area (Å²) in [5.41, 5.74) is -1.86. The molecular weight excluding hydrogens is 365 g/mol. The van der Waals surface area contributed by atoms with Crippen LogP contribution in [0, 0.1) is 24.4 Å². The van der Waals surface area contributed by atoms with E-state index in [9.17, 15) is 33.0 Å². The maximum absolute atomic E-state index is 14.4. The van der Waals surface area contributed by atoms with Gasteiger partial charge in [-0.2, -0.15) is 0 Å². The van der Waals surface area contributed by atoms with E-state index in [2.05, 4.69) is 5.32 Å². The molecule has 0 fully saturated rings. The number of phenolic OH excluding ortho intramolecular Hbond substituents is 1. The number of hydrogen-bond donors (Lipinski definition) is 3. The Labute approximate surface area is 150 Å². The van der Waals surface area contributed by atoms with Crippen molar-refractivity contribution in [1.29, 1.82) is 0 Å². The number of carbonyl (C=O) groups is 1. The van der Waals surface area contributed by atoms with E-state index in [1.54, 1.807) is 0 Å². The van der Waals surface area contributed by atoms with Crippen molar-refractivity contribution >= 4 is 22.6 Å². The van der Waals surface area contributed by atoms with Crippen LogP contribution in [0.1, 0.15) is 15.9 Å². The van der Waals surface area contributed by atoms with E-state index >= 15 is 0 Å². The SMILES string of the molecule is CNc1c(F)cc2c(=O)c(C(=O)O)cn(-c3cc(O)c(F)cc3F)c2c1C. The molecule has 0 aliphatic heterocycles. The highest BCUT2D eigenvalue weighted by Gasteiger charge is 2.22. The zero-order chi connectivity index (χ0) is 20.0. The molecule has 1 heterocycles. The Bertz CT molecular complexity index is 1170. The number of aromatic hydroxyl groups is 1. The smallest absolute Gasteiger partial charge is 0.341 e. The van der Waals surface area contributed by atoms with Crippen LogP contribution >= 0.6 is 0 Å². The summed E-state index contributed by atoms with van der Waals surface area (Å²) in [5.74, 6) is -5.59. The molecular formula is C18H13F3N2O4. The number of benzene rings is 2. The summed E-state index contributed by atoms with van der Waals surface area (Å²) in [5, 5.41) is 21.2. The second kappa shape index (κ2) is 6.35. The Hall–Kier alpha value is -3.49. The second-order valence-corrected chi connectivity index (χ2v) is 5.81. The molecule has 3 N–H and O–H groups in total. The van der Waals surface area contributed by atoms with Crippen molar-refractivity contribution in [3.63, 3.8) is 0 Å². The average molecular weight is 378 g/mol. The highest BCUT2D eigenvalue weighted by Crippen LogP contribution is 2.31. The van der Waals surface area contributed by atoms with Crippen molar-refractivity contribution in [2.24, 2.45) is 0 Å². The fraction of sp³-hybridized carbons (Fsp3) is 0.111. The molecule has 1 aromatic heterocycles. The summed E-state index contributed by atoms with van der Waals surface area (Å²) in [6.45, 7) is 1.45. The van der Waals surface area contributed by atoms with Gasteiger partial charge in [0.1, 0.15) is 17.2 Å². The number of carboxylic acid groups (broad SMARTS) is 1. The Kier molecular flexibility index (Phi) is 4.30. The van der Waals surface area contributed by atoms with Gasteiger partial charge < -0.3 is 20.1 Å². The Morgan fingerprint density at radius 1 is 1.11 bits per heavy atom. The number of rotatable bonds is 3. The number of aryl methyl sites for hydroxylation is 1. The van der Waals surface area contributed by atoms with Gasteiger partial charge in [0.2, 0.25) is 5.43 Å². The summed E-state index contributed by atoms with van der Waals surface area (Å²) in [7, 11) is 1.44. The molecule has 6 nitrogen and oxygen atoms in total. The van der Waals surface area contributed by atoms with Gasteiger partial charge in [-0.1, -0.05) is 0 Å². The van der Waals surface area contributed by atoms with Gasteiger partial charge in [0.15, 0.2) is 11.6 Å². The van der Waals surface area contributed by atoms with Crippen LogP contribution in [0.25, 0.3) is 16.6 Å². The maximum Gasteiger partial charge on any atom is 0.341 e. The average Bonchev–Trinajstić information content (AvgIpc) is 2.59. The fourth-order valence-electron chi connectivity index (χ4n) is 3.01. The number of phenols is 1. The molecule has 3 aromatic rings. The maximum atomic E-state index is 14.4. The molecule has 3 rings (SSSR count). The lowest BCUT2D eigenvalue weighted by atomic mass is 10.0. The number of halogens is 3. The van der Waals surface area contributed by atoms with Gasteiger partial charge in [0.25, 0.3) is 0 Å². The third kappa shape index (κ3) is 2.77. The molecule has 0 spiro atoms. The van der Waals surface area contributed by atoms with Crippen molar-refractivity contribution in [2.45, 2.75) is 6.92 Å². The topological polar surface area (TPSA) is 91.6 Å². The summed E-state index contributed by atoms with van der Waals surface area (Å²) in [4.78, 5) is 23.9. The van der Waals surface area contributed by atoms with Crippen molar-refractivity contribution in [2.75, 3.05) is 12.4 Å². The molecule has 0 bridgehead atoms. The van der Waals surface area contributed by atoms with Gasteiger partial charge in [-0.05, 0) is 18.6 Å². The predicted molar refractivity (Wildman–Crippen MR) is 92.3 cm³/mol. The molecule has 0 radical (unpaired) electrons. The predicted octanol–water partition coefficient (Wildman–Crippen LogP) is 3.16. The molecule has 9 heteroatoms. The Balaban J connectivity index is 2.59. The van der Waals surface area contributed by atoms with Gasteiger partial charge in [0, 0.05) is 25.4 Å². The number of fused-ring (bicyclic) bond motifs is 1. The first-order valence-corrected chi connectivity index (χ1v) is 7.65. The minimum Gasteiger partial charge on any atom is -0.505 e. The van der Waals surface area contributed by atoms with Crippen LogP contribution in [0.5, 0.6) is 5.75 Å². The van der Waals surface area contributed by atoms with Crippen molar-refractivity contribution in [1.82, 2.24) is 4.57 Å². The monoisotopic (exact) mass is 378 g/mol. The lowest BCUT2D eigenvalue weighted by Crippen LogP contribution is -2.20. The molecule has 0 atom stereocenters. The van der Waals surface area contributed by atoms with E-state index in [0.29, 0.717) is 6.07 Å². The molecule has 0 unspecified atom stereocenters. The van der Waals surface area contributed by atoms with E-state index in [-0.39, 0.29) is 22.2 Å². The largest absolute Gasteiger partial charge is 0.505 e. The number of nitrogens with zero attached hydrogens (tertiary/aromatic N) is 1. The number of aromatic carboxylic acids is 1. The van der Waals surface area contributed by atoms with Gasteiger partial charge in [-0.25, -0.2) is 18.0 Å². The van der Waals surface area contributed by atoms with E-state index in [0.717, 1.165) is 22.9 Å². The Morgan fingerprint density at radius 3 is 2.37 bits per heavy atom. The minimum absolute atomic E-state index is 0.0145. The number of nitrogens with one attached hydrogen (secondary N) is 1. The molecule has 0 amide bonds. The number of hydrogen-bond acceptors (Lipinski definition) is 4. The van der Waals surface area contributed by atoms with Gasteiger partial charge >= 0.3 is 5.97 Å². The molecule has 140 valence electrons. The summed E-state index contributed by atoms with van der Waals surface area (Å²) < 4.78 is 43.1. The normalized spacial score (nSPS) is 11.0. The van der Waals surface area contributed by atoms with Gasteiger partial charge in [-0.3, -0.25) is 4.79 Å². The van der Waals surface area contributed by atoms with E-state index in [1.807, 2.05) is 0 Å². The summed E-state index contributed by atoms with van der Waals surface area (Å²) in [6, 6.07) is 2.02. The molecule has 0 saturated carbocycles. The van der Waals surface area contributed by atoms with Crippen LogP contribution in [-0.2, 0) is 0 Å². The van der Waals surface area contributed by atoms with Crippen LogP contribution in [0.15, 0.2) is 29.2 Å². The lowest BCUT2D eigenvalue weighted by Gasteiger charge is -2.18. The van der Waals surface area contributed by atoms with Crippen LogP contribution in [-0.4, -0.2) is 27.8 Å². The molecule has 0 aliphatic rings. The molecule has 0 aliphatic carbocycles. The van der Waals surface area contributed by atoms with Gasteiger partial charge in [-0.15, -0.1) is 0 Å². The summed E-state index contributed by atoms with van der Waals surface area (Å²) in [6.07, 6.45) is 0.854. The zero-order valence-electron chi connectivity index (χ0n) is 14.1. The second-order valence-electron chi connectivity index (χ2n) is 5.81. The van der Waals surface area contributed by atoms with E-state index in [4.69, 9.17) is 0 Å². The van der Waals surface area contributed by atoms with E-state index < -0.39 is 45.9 Å². The fourth-order valence-corrected chi connectivity index (χ4v) is 3.01. The highest BCUT2D eigenvalue weighted by atomic mass is 19.1. The number of carboxylic acids is 1. The molecule has 2 aromatic carbocycles. The summed E-state index contributed by atoms with van der Waals surface area (Å²) >= 11 is 0. The first-order chi connectivity index (χ1) is 12.7. The zero-order valence-corrected chi connectivity index (χ0v) is 14.1. The van der Waals surface area contributed by atoms with Crippen molar-refractivity contribution in [3.8, 4) is 11.4 Å². The van der Waals surface area contributed by atoms with Crippen molar-refractivity contribution < 1.29 is 28.2 Å². The molecule has 27 heavy (non-hydrogen) atoms. The minimum atomic E-state index is -1.60. The third-order valence-corrected chi connectivity index (χ3v) is 4.24. The quantitative estimate of drug-likeness (QED) is 0.651. The highest BCUT2D eigenvalue weighted by molar-refractivity contribution is 5.95.